The van der Waals surface area contributed by atoms with Gasteiger partial charge in [0.05, 0.1) is 0 Å². The summed E-state index contributed by atoms with van der Waals surface area (Å²) in [6.07, 6.45) is 12.9. The topological polar surface area (TPSA) is 57.5 Å². The van der Waals surface area contributed by atoms with Gasteiger partial charge in [0.2, 0.25) is 0 Å². The fourth-order valence-electron chi connectivity index (χ4n) is 4.60. The van der Waals surface area contributed by atoms with Crippen molar-refractivity contribution in [2.45, 2.75) is 89.6 Å². The predicted molar refractivity (Wildman–Crippen MR) is 101 cm³/mol. The highest BCUT2D eigenvalue weighted by Crippen LogP contribution is 2.54. The zero-order chi connectivity index (χ0) is 18.2. The maximum atomic E-state index is 12.2. The lowest BCUT2D eigenvalue weighted by atomic mass is 9.64. The number of rotatable bonds is 11. The van der Waals surface area contributed by atoms with Gasteiger partial charge in [0.25, 0.3) is 0 Å². The van der Waals surface area contributed by atoms with Gasteiger partial charge in [-0.25, -0.2) is 4.79 Å². The Labute approximate surface area is 152 Å². The zero-order valence-corrected chi connectivity index (χ0v) is 15.7. The van der Waals surface area contributed by atoms with Gasteiger partial charge in [-0.15, -0.1) is 0 Å². The Morgan fingerprint density at radius 1 is 1.00 bits per heavy atom. The van der Waals surface area contributed by atoms with Crippen LogP contribution in [0.25, 0.3) is 0 Å². The Kier molecular flexibility index (Phi) is 7.49. The summed E-state index contributed by atoms with van der Waals surface area (Å²) < 4.78 is 0. The third-order valence-corrected chi connectivity index (χ3v) is 6.09. The summed E-state index contributed by atoms with van der Waals surface area (Å²) in [6, 6.07) is 9.03. The van der Waals surface area contributed by atoms with Gasteiger partial charge in [-0.05, 0) is 24.8 Å². The standard InChI is InChI=1S/C22H34O3/c1-2-3-4-5-6-7-11-16-21(17-12-13-18-21)22(25,20(23)24)19-14-9-8-10-15-19/h8-10,14-15,25H,2-7,11-13,16-18H2,1H3,(H,23,24). The van der Waals surface area contributed by atoms with Crippen LogP contribution in [0.1, 0.15) is 89.5 Å². The number of benzene rings is 1. The van der Waals surface area contributed by atoms with E-state index in [0.717, 1.165) is 44.9 Å². The van der Waals surface area contributed by atoms with Crippen molar-refractivity contribution in [2.24, 2.45) is 5.41 Å². The molecule has 0 aliphatic heterocycles. The van der Waals surface area contributed by atoms with Crippen LogP contribution in [-0.4, -0.2) is 16.2 Å². The first-order chi connectivity index (χ1) is 12.1. The first-order valence-corrected chi connectivity index (χ1v) is 10.1. The van der Waals surface area contributed by atoms with Gasteiger partial charge in [-0.1, -0.05) is 95.0 Å². The summed E-state index contributed by atoms with van der Waals surface area (Å²) in [5, 5.41) is 21.3. The molecule has 0 bridgehead atoms. The average molecular weight is 347 g/mol. The minimum Gasteiger partial charge on any atom is -0.479 e. The van der Waals surface area contributed by atoms with E-state index in [2.05, 4.69) is 6.92 Å². The Bertz CT molecular complexity index is 519. The monoisotopic (exact) mass is 346 g/mol. The number of carboxylic acids is 1. The maximum absolute atomic E-state index is 12.2. The van der Waals surface area contributed by atoms with Gasteiger partial charge in [0, 0.05) is 5.41 Å². The van der Waals surface area contributed by atoms with Crippen molar-refractivity contribution in [1.29, 1.82) is 0 Å². The molecule has 1 aliphatic carbocycles. The second-order valence-corrected chi connectivity index (χ2v) is 7.74. The van der Waals surface area contributed by atoms with E-state index < -0.39 is 17.0 Å². The Hall–Kier alpha value is -1.35. The molecule has 0 amide bonds. The number of carbonyl (C=O) groups is 1. The SMILES string of the molecule is CCCCCCCCCC1(C(O)(C(=O)O)c2ccccc2)CCCC1. The van der Waals surface area contributed by atoms with E-state index in [1.54, 1.807) is 12.1 Å². The summed E-state index contributed by atoms with van der Waals surface area (Å²) in [4.78, 5) is 12.2. The molecule has 1 fully saturated rings. The summed E-state index contributed by atoms with van der Waals surface area (Å²) in [7, 11) is 0. The van der Waals surface area contributed by atoms with Crippen LogP contribution in [0.2, 0.25) is 0 Å². The largest absolute Gasteiger partial charge is 0.479 e. The molecule has 0 heterocycles. The molecule has 0 aromatic heterocycles. The van der Waals surface area contributed by atoms with E-state index in [1.165, 1.54) is 32.1 Å². The summed E-state index contributed by atoms with van der Waals surface area (Å²) in [5.41, 5.74) is -1.76. The van der Waals surface area contributed by atoms with Crippen molar-refractivity contribution in [2.75, 3.05) is 0 Å². The molecule has 0 radical (unpaired) electrons. The first-order valence-electron chi connectivity index (χ1n) is 10.1. The predicted octanol–water partition coefficient (Wildman–Crippen LogP) is 5.66. The molecule has 0 spiro atoms. The van der Waals surface area contributed by atoms with Crippen LogP contribution in [-0.2, 0) is 10.4 Å². The van der Waals surface area contributed by atoms with E-state index in [-0.39, 0.29) is 0 Å². The molecule has 2 rings (SSSR count). The third-order valence-electron chi connectivity index (χ3n) is 6.09. The molecule has 140 valence electrons. The number of hydrogen-bond acceptors (Lipinski definition) is 2. The van der Waals surface area contributed by atoms with Crippen LogP contribution < -0.4 is 0 Å². The van der Waals surface area contributed by atoms with Crippen LogP contribution in [0.5, 0.6) is 0 Å². The van der Waals surface area contributed by atoms with E-state index in [1.807, 2.05) is 18.2 Å². The minimum atomic E-state index is -1.77. The van der Waals surface area contributed by atoms with Gasteiger partial charge < -0.3 is 10.2 Å². The summed E-state index contributed by atoms with van der Waals surface area (Å²) in [5.74, 6) is -1.09. The van der Waals surface area contributed by atoms with Gasteiger partial charge >= 0.3 is 5.97 Å². The molecule has 2 N–H and O–H groups in total. The third kappa shape index (κ3) is 4.44. The summed E-state index contributed by atoms with van der Waals surface area (Å²) >= 11 is 0. The molecule has 3 heteroatoms. The molecule has 3 nitrogen and oxygen atoms in total. The molecular formula is C22H34O3. The number of unbranched alkanes of at least 4 members (excludes halogenated alkanes) is 6. The fraction of sp³-hybridized carbons (Fsp3) is 0.682. The van der Waals surface area contributed by atoms with Crippen molar-refractivity contribution in [3.63, 3.8) is 0 Å². The average Bonchev–Trinajstić information content (AvgIpc) is 3.11. The maximum Gasteiger partial charge on any atom is 0.340 e. The van der Waals surface area contributed by atoms with Gasteiger partial charge in [-0.3, -0.25) is 0 Å². The highest BCUT2D eigenvalue weighted by Gasteiger charge is 2.57. The van der Waals surface area contributed by atoms with Crippen LogP contribution in [0.4, 0.5) is 0 Å². The Morgan fingerprint density at radius 2 is 1.56 bits per heavy atom. The molecule has 0 saturated heterocycles. The van der Waals surface area contributed by atoms with Crippen LogP contribution in [0.3, 0.4) is 0 Å². The molecule has 25 heavy (non-hydrogen) atoms. The van der Waals surface area contributed by atoms with Gasteiger partial charge in [0.15, 0.2) is 5.60 Å². The fourth-order valence-corrected chi connectivity index (χ4v) is 4.60. The molecule has 1 aliphatic rings. The van der Waals surface area contributed by atoms with Crippen molar-refractivity contribution in [3.05, 3.63) is 35.9 Å². The molecule has 1 unspecified atom stereocenters. The van der Waals surface area contributed by atoms with E-state index in [0.29, 0.717) is 5.56 Å². The van der Waals surface area contributed by atoms with Gasteiger partial charge in [-0.2, -0.15) is 0 Å². The molecule has 1 saturated carbocycles. The molecule has 1 aromatic rings. The van der Waals surface area contributed by atoms with E-state index >= 15 is 0 Å². The number of aliphatic carboxylic acids is 1. The number of hydrogen-bond donors (Lipinski definition) is 2. The summed E-state index contributed by atoms with van der Waals surface area (Å²) in [6.45, 7) is 2.22. The van der Waals surface area contributed by atoms with E-state index in [9.17, 15) is 15.0 Å². The lowest BCUT2D eigenvalue weighted by Crippen LogP contribution is -2.50. The van der Waals surface area contributed by atoms with Gasteiger partial charge in [0.1, 0.15) is 0 Å². The smallest absolute Gasteiger partial charge is 0.340 e. The second kappa shape index (κ2) is 9.38. The van der Waals surface area contributed by atoms with Crippen LogP contribution >= 0.6 is 0 Å². The van der Waals surface area contributed by atoms with E-state index in [4.69, 9.17) is 0 Å². The Morgan fingerprint density at radius 3 is 2.12 bits per heavy atom. The van der Waals surface area contributed by atoms with Crippen LogP contribution in [0, 0.1) is 5.41 Å². The normalized spacial score (nSPS) is 18.8. The quantitative estimate of drug-likeness (QED) is 0.508. The van der Waals surface area contributed by atoms with Crippen molar-refractivity contribution < 1.29 is 15.0 Å². The number of aliphatic hydroxyl groups is 1. The van der Waals surface area contributed by atoms with Crippen LogP contribution in [0.15, 0.2) is 30.3 Å². The molecular weight excluding hydrogens is 312 g/mol. The lowest BCUT2D eigenvalue weighted by molar-refractivity contribution is -0.179. The molecule has 1 aromatic carbocycles. The first kappa shape index (κ1) is 20.0. The molecule has 1 atom stereocenters. The van der Waals surface area contributed by atoms with Crippen molar-refractivity contribution >= 4 is 5.97 Å². The van der Waals surface area contributed by atoms with Crippen molar-refractivity contribution in [1.82, 2.24) is 0 Å². The highest BCUT2D eigenvalue weighted by molar-refractivity contribution is 5.80. The lowest BCUT2D eigenvalue weighted by Gasteiger charge is -2.42. The number of carboxylic acid groups (broad SMARTS) is 1. The second-order valence-electron chi connectivity index (χ2n) is 7.74. The Balaban J connectivity index is 2.07. The minimum absolute atomic E-state index is 0.524. The zero-order valence-electron chi connectivity index (χ0n) is 15.7. The highest BCUT2D eigenvalue weighted by atomic mass is 16.4. The van der Waals surface area contributed by atoms with Crippen molar-refractivity contribution in [3.8, 4) is 0 Å².